The van der Waals surface area contributed by atoms with Gasteiger partial charge < -0.3 is 0 Å². The van der Waals surface area contributed by atoms with Gasteiger partial charge in [0.2, 0.25) is 0 Å². The molecule has 0 amide bonds. The van der Waals surface area contributed by atoms with Gasteiger partial charge in [0.25, 0.3) is 0 Å². The lowest BCUT2D eigenvalue weighted by Gasteiger charge is -2.14. The number of fused-ring (bicyclic) bond motifs is 8. The first-order chi connectivity index (χ1) is 51.6. The van der Waals surface area contributed by atoms with Crippen LogP contribution in [0.15, 0.2) is 437 Å². The molecular formula is C104H72. The Balaban J connectivity index is 0.000000103. The first-order valence-corrected chi connectivity index (χ1v) is 35.9. The maximum atomic E-state index is 2.31. The Hall–Kier alpha value is -13.5. The molecule has 0 aromatic heterocycles. The summed E-state index contributed by atoms with van der Waals surface area (Å²) < 4.78 is 0. The second-order valence-electron chi connectivity index (χ2n) is 26.6. The average Bonchev–Trinajstić information content (AvgIpc) is 0.774. The van der Waals surface area contributed by atoms with Gasteiger partial charge in [-0.25, -0.2) is 0 Å². The van der Waals surface area contributed by atoms with Gasteiger partial charge >= 0.3 is 0 Å². The zero-order chi connectivity index (χ0) is 69.4. The van der Waals surface area contributed by atoms with E-state index in [0.29, 0.717) is 0 Å². The average molecular weight is 1320 g/mol. The van der Waals surface area contributed by atoms with Crippen molar-refractivity contribution in [2.75, 3.05) is 0 Å². The zero-order valence-corrected chi connectivity index (χ0v) is 57.6. The highest BCUT2D eigenvalue weighted by Crippen LogP contribution is 2.41. The standard InChI is InChI=1S/4C26H18/c1-3-14-23-19(8-1)10-6-16-25(23)21-12-5-13-22(18-21)26-17-7-11-20-9-2-4-15-24(20)26;1-3-11-23-19(7-1)9-5-13-25(23)21-15-17-22(18-16-21)26-14-6-10-20-8-2-4-12-24(20)26;1-3-8-21-16-25(14-12-19(21)6-1)23-10-5-11-24(18-23)26-15-13-20-7-2-4-9-22(20)17-26;1-2-9-19(10-3-1)22-17-18-26(25-15-7-6-14-23(22)25)24-16-8-12-20-11-4-5-13-21(20)24/h4*1-18H. The summed E-state index contributed by atoms with van der Waals surface area (Å²) in [4.78, 5) is 0. The van der Waals surface area contributed by atoms with Crippen molar-refractivity contribution in [2.45, 2.75) is 0 Å². The van der Waals surface area contributed by atoms with Crippen LogP contribution in [0, 0.1) is 0 Å². The summed E-state index contributed by atoms with van der Waals surface area (Å²) in [5.74, 6) is 0. The fourth-order valence-electron chi connectivity index (χ4n) is 15.1. The molecule has 0 nitrogen and oxygen atoms in total. The van der Waals surface area contributed by atoms with Crippen LogP contribution < -0.4 is 0 Å². The first-order valence-electron chi connectivity index (χ1n) is 35.9. The molecule has 20 aromatic rings. The van der Waals surface area contributed by atoms with Gasteiger partial charge in [0, 0.05) is 0 Å². The van der Waals surface area contributed by atoms with Crippen molar-refractivity contribution in [3.05, 3.63) is 437 Å². The predicted molar refractivity (Wildman–Crippen MR) is 449 cm³/mol. The van der Waals surface area contributed by atoms with E-state index in [0.717, 1.165) is 0 Å². The summed E-state index contributed by atoms with van der Waals surface area (Å²) in [6.45, 7) is 0. The van der Waals surface area contributed by atoms with Crippen molar-refractivity contribution in [1.82, 2.24) is 0 Å². The van der Waals surface area contributed by atoms with Gasteiger partial charge in [-0.2, -0.15) is 0 Å². The molecule has 104 heavy (non-hydrogen) atoms. The number of hydrogen-bond donors (Lipinski definition) is 0. The lowest BCUT2D eigenvalue weighted by atomic mass is 9.90. The SMILES string of the molecule is c1cc(-c2ccc3ccccc3c2)cc(-c2ccc3ccccc3c2)c1.c1cc(-c2cccc3ccccc23)cc(-c2cccc3ccccc23)c1.c1ccc(-c2ccc(-c3cccc4ccccc34)c3ccccc23)cc1.c1ccc2c(-c3ccc(-c4cccc5ccccc45)cc3)cccc2c1. The molecule has 0 unspecified atom stereocenters. The van der Waals surface area contributed by atoms with Crippen LogP contribution in [-0.2, 0) is 0 Å². The fourth-order valence-corrected chi connectivity index (χ4v) is 15.1. The summed E-state index contributed by atoms with van der Waals surface area (Å²) in [7, 11) is 0. The number of rotatable bonds is 8. The van der Waals surface area contributed by atoms with Crippen molar-refractivity contribution in [1.29, 1.82) is 0 Å². The summed E-state index contributed by atoms with van der Waals surface area (Å²) in [6, 6.07) is 156. The first kappa shape index (κ1) is 63.9. The molecule has 0 N–H and O–H groups in total. The van der Waals surface area contributed by atoms with E-state index in [1.807, 2.05) is 0 Å². The largest absolute Gasteiger partial charge is 0.0622 e. The van der Waals surface area contributed by atoms with E-state index >= 15 is 0 Å². The molecule has 0 fully saturated rings. The highest BCUT2D eigenvalue weighted by Gasteiger charge is 2.14. The minimum Gasteiger partial charge on any atom is -0.0622 e. The zero-order valence-electron chi connectivity index (χ0n) is 57.6. The van der Waals surface area contributed by atoms with Crippen LogP contribution in [0.3, 0.4) is 0 Å². The van der Waals surface area contributed by atoms with Crippen LogP contribution >= 0.6 is 0 Å². The van der Waals surface area contributed by atoms with Crippen molar-refractivity contribution >= 4 is 86.2 Å². The molecule has 0 saturated carbocycles. The lowest BCUT2D eigenvalue weighted by molar-refractivity contribution is 1.61. The molecule has 0 spiro atoms. The summed E-state index contributed by atoms with van der Waals surface area (Å²) in [5, 5.41) is 20.6. The van der Waals surface area contributed by atoms with E-state index in [-0.39, 0.29) is 0 Å². The topological polar surface area (TPSA) is 0 Å². The smallest absolute Gasteiger partial charge is 0.00987 e. The van der Waals surface area contributed by atoms with E-state index in [1.54, 1.807) is 0 Å². The molecule has 488 valence electrons. The van der Waals surface area contributed by atoms with Gasteiger partial charge in [-0.15, -0.1) is 0 Å². The number of hydrogen-bond acceptors (Lipinski definition) is 0. The van der Waals surface area contributed by atoms with Crippen molar-refractivity contribution in [2.24, 2.45) is 0 Å². The van der Waals surface area contributed by atoms with Gasteiger partial charge in [-0.3, -0.25) is 0 Å². The molecule has 0 atom stereocenters. The molecule has 20 rings (SSSR count). The lowest BCUT2D eigenvalue weighted by Crippen LogP contribution is -1.87. The monoisotopic (exact) mass is 1320 g/mol. The van der Waals surface area contributed by atoms with Gasteiger partial charge in [0.05, 0.1) is 0 Å². The molecule has 0 heteroatoms. The van der Waals surface area contributed by atoms with Crippen LogP contribution in [0.2, 0.25) is 0 Å². The Morgan fingerprint density at radius 3 is 0.702 bits per heavy atom. The molecule has 0 heterocycles. The Bertz CT molecular complexity index is 6160. The molecule has 0 aliphatic heterocycles. The Labute approximate surface area is 608 Å². The van der Waals surface area contributed by atoms with E-state index in [1.165, 1.54) is 175 Å². The second kappa shape index (κ2) is 29.4. The summed E-state index contributed by atoms with van der Waals surface area (Å²) >= 11 is 0. The molecule has 0 bridgehead atoms. The maximum absolute atomic E-state index is 2.31. The minimum atomic E-state index is 1.25. The molecule has 0 aliphatic rings. The van der Waals surface area contributed by atoms with Crippen LogP contribution in [0.5, 0.6) is 0 Å². The van der Waals surface area contributed by atoms with Crippen molar-refractivity contribution in [3.8, 4) is 89.0 Å². The third-order valence-corrected chi connectivity index (χ3v) is 20.3. The van der Waals surface area contributed by atoms with Crippen LogP contribution in [0.4, 0.5) is 0 Å². The predicted octanol–water partition coefficient (Wildman–Crippen LogP) is 29.3. The summed E-state index contributed by atoms with van der Waals surface area (Å²) in [5.41, 5.74) is 20.3. The molecule has 0 saturated heterocycles. The molecule has 20 aromatic carbocycles. The van der Waals surface area contributed by atoms with Gasteiger partial charge in [0.1, 0.15) is 0 Å². The Morgan fingerprint density at radius 1 is 0.0865 bits per heavy atom. The molecule has 0 radical (unpaired) electrons. The maximum Gasteiger partial charge on any atom is -0.00987 e. The Kier molecular flexibility index (Phi) is 18.0. The minimum absolute atomic E-state index is 1.25. The second-order valence-corrected chi connectivity index (χ2v) is 26.6. The van der Waals surface area contributed by atoms with Crippen LogP contribution in [-0.4, -0.2) is 0 Å². The highest BCUT2D eigenvalue weighted by atomic mass is 14.2. The fraction of sp³-hybridized carbons (Fsp3) is 0. The van der Waals surface area contributed by atoms with E-state index in [9.17, 15) is 0 Å². The van der Waals surface area contributed by atoms with Gasteiger partial charge in [-0.1, -0.05) is 413 Å². The van der Waals surface area contributed by atoms with Crippen LogP contribution in [0.1, 0.15) is 0 Å². The van der Waals surface area contributed by atoms with E-state index in [4.69, 9.17) is 0 Å². The van der Waals surface area contributed by atoms with Crippen molar-refractivity contribution < 1.29 is 0 Å². The van der Waals surface area contributed by atoms with Gasteiger partial charge in [0.15, 0.2) is 0 Å². The van der Waals surface area contributed by atoms with Crippen LogP contribution in [0.25, 0.3) is 175 Å². The van der Waals surface area contributed by atoms with Crippen molar-refractivity contribution in [3.63, 3.8) is 0 Å². The van der Waals surface area contributed by atoms with E-state index in [2.05, 4.69) is 437 Å². The quantitative estimate of drug-likeness (QED) is 0.142. The van der Waals surface area contributed by atoms with Gasteiger partial charge in [-0.05, 0) is 199 Å². The molecule has 0 aliphatic carbocycles. The molecular weight excluding hydrogens is 1250 g/mol. The third-order valence-electron chi connectivity index (χ3n) is 20.3. The third kappa shape index (κ3) is 13.3. The number of benzene rings is 20. The summed E-state index contributed by atoms with van der Waals surface area (Å²) in [6.07, 6.45) is 0. The highest BCUT2D eigenvalue weighted by molar-refractivity contribution is 6.10. The normalized spacial score (nSPS) is 11.1. The Morgan fingerprint density at radius 2 is 0.298 bits per heavy atom. The van der Waals surface area contributed by atoms with E-state index < -0.39 is 0 Å².